The van der Waals surface area contributed by atoms with Crippen LogP contribution in [0.4, 0.5) is 4.39 Å². The van der Waals surface area contributed by atoms with Crippen molar-refractivity contribution in [3.8, 4) is 0 Å². The Hall–Kier alpha value is -2.11. The van der Waals surface area contributed by atoms with Crippen LogP contribution in [0.1, 0.15) is 20.9 Å². The van der Waals surface area contributed by atoms with Gasteiger partial charge in [-0.3, -0.25) is 4.79 Å². The number of halogens is 1. The largest absolute Gasteiger partial charge is 0.309 e. The lowest BCUT2D eigenvalue weighted by Gasteiger charge is -2.09. The molecule has 23 heavy (non-hydrogen) atoms. The molecule has 5 heteroatoms. The third kappa shape index (κ3) is 3.30. The third-order valence-corrected chi connectivity index (χ3v) is 4.86. The maximum Gasteiger partial charge on any atom is 0.213 e. The van der Waals surface area contributed by atoms with Gasteiger partial charge >= 0.3 is 0 Å². The lowest BCUT2D eigenvalue weighted by Crippen LogP contribution is -2.16. The van der Waals surface area contributed by atoms with E-state index in [0.29, 0.717) is 5.56 Å². The number of benzene rings is 1. The maximum atomic E-state index is 13.4. The minimum absolute atomic E-state index is 0.152. The predicted molar refractivity (Wildman–Crippen MR) is 91.7 cm³/mol. The normalized spacial score (nSPS) is 11.3. The number of carbonyl (C=O) groups is 1. The standard InChI is InChI=1S/C18H17FN2OS/c1-21(2)11-10-15-17(12-6-3-4-8-14(12)23-15)18(22)13-7-5-9-16(19)20-13/h3-9H,10-11H2,1-2H3. The van der Waals surface area contributed by atoms with Crippen LogP contribution in [0, 0.1) is 5.95 Å². The molecule has 118 valence electrons. The van der Waals surface area contributed by atoms with E-state index >= 15 is 0 Å². The quantitative estimate of drug-likeness (QED) is 0.528. The Morgan fingerprint density at radius 1 is 1.17 bits per heavy atom. The SMILES string of the molecule is CN(C)CCc1sc2ccccc2c1C(=O)c1cccc(F)n1. The van der Waals surface area contributed by atoms with Crippen LogP contribution in [0.15, 0.2) is 42.5 Å². The molecule has 0 N–H and O–H groups in total. The number of likely N-dealkylation sites (N-methyl/N-ethyl adjacent to an activating group) is 1. The number of ketones is 1. The fraction of sp³-hybridized carbons (Fsp3) is 0.222. The molecule has 0 radical (unpaired) electrons. The Kier molecular flexibility index (Phi) is 4.50. The van der Waals surface area contributed by atoms with Crippen molar-refractivity contribution in [1.82, 2.24) is 9.88 Å². The molecule has 0 amide bonds. The highest BCUT2D eigenvalue weighted by molar-refractivity contribution is 7.19. The molecule has 0 aliphatic carbocycles. The Morgan fingerprint density at radius 3 is 2.70 bits per heavy atom. The molecule has 3 rings (SSSR count). The minimum atomic E-state index is -0.634. The van der Waals surface area contributed by atoms with Gasteiger partial charge in [0.1, 0.15) is 5.69 Å². The second kappa shape index (κ2) is 6.56. The summed E-state index contributed by atoms with van der Waals surface area (Å²) < 4.78 is 14.4. The van der Waals surface area contributed by atoms with Crippen molar-refractivity contribution in [2.75, 3.05) is 20.6 Å². The highest BCUT2D eigenvalue weighted by atomic mass is 32.1. The zero-order valence-corrected chi connectivity index (χ0v) is 13.9. The van der Waals surface area contributed by atoms with Crippen molar-refractivity contribution in [3.63, 3.8) is 0 Å². The van der Waals surface area contributed by atoms with Crippen molar-refractivity contribution in [1.29, 1.82) is 0 Å². The zero-order chi connectivity index (χ0) is 16.4. The second-order valence-electron chi connectivity index (χ2n) is 5.62. The summed E-state index contributed by atoms with van der Waals surface area (Å²) in [5, 5.41) is 0.919. The van der Waals surface area contributed by atoms with E-state index in [1.165, 1.54) is 12.1 Å². The van der Waals surface area contributed by atoms with Crippen molar-refractivity contribution in [3.05, 3.63) is 64.5 Å². The Balaban J connectivity index is 2.10. The van der Waals surface area contributed by atoms with Crippen LogP contribution < -0.4 is 0 Å². The Labute approximate surface area is 138 Å². The van der Waals surface area contributed by atoms with Gasteiger partial charge in [-0.15, -0.1) is 11.3 Å². The first-order valence-corrected chi connectivity index (χ1v) is 8.20. The summed E-state index contributed by atoms with van der Waals surface area (Å²) in [5.41, 5.74) is 0.810. The van der Waals surface area contributed by atoms with Gasteiger partial charge in [-0.05, 0) is 38.7 Å². The molecule has 0 aliphatic heterocycles. The summed E-state index contributed by atoms with van der Waals surface area (Å²) in [5.74, 6) is -0.846. The molecular formula is C18H17FN2OS. The number of carbonyl (C=O) groups excluding carboxylic acids is 1. The highest BCUT2D eigenvalue weighted by Crippen LogP contribution is 2.33. The highest BCUT2D eigenvalue weighted by Gasteiger charge is 2.21. The molecule has 0 bridgehead atoms. The number of thiophene rings is 1. The fourth-order valence-corrected chi connectivity index (χ4v) is 3.70. The molecular weight excluding hydrogens is 311 g/mol. The van der Waals surface area contributed by atoms with Gasteiger partial charge in [0, 0.05) is 27.1 Å². The number of hydrogen-bond acceptors (Lipinski definition) is 4. The van der Waals surface area contributed by atoms with E-state index in [1.807, 2.05) is 38.4 Å². The monoisotopic (exact) mass is 328 g/mol. The number of nitrogens with zero attached hydrogens (tertiary/aromatic N) is 2. The van der Waals surface area contributed by atoms with E-state index < -0.39 is 5.95 Å². The number of hydrogen-bond donors (Lipinski definition) is 0. The molecule has 0 unspecified atom stereocenters. The first kappa shape index (κ1) is 15.8. The van der Waals surface area contributed by atoms with Crippen LogP contribution in [-0.4, -0.2) is 36.3 Å². The molecule has 0 saturated carbocycles. The topological polar surface area (TPSA) is 33.2 Å². The summed E-state index contributed by atoms with van der Waals surface area (Å²) in [6.45, 7) is 0.851. The molecule has 3 aromatic rings. The van der Waals surface area contributed by atoms with Crippen LogP contribution in [0.25, 0.3) is 10.1 Å². The summed E-state index contributed by atoms with van der Waals surface area (Å²) in [6.07, 6.45) is 0.780. The third-order valence-electron chi connectivity index (χ3n) is 3.63. The molecule has 3 nitrogen and oxygen atoms in total. The van der Waals surface area contributed by atoms with Gasteiger partial charge in [-0.25, -0.2) is 4.98 Å². The Morgan fingerprint density at radius 2 is 1.96 bits per heavy atom. The minimum Gasteiger partial charge on any atom is -0.309 e. The summed E-state index contributed by atoms with van der Waals surface area (Å²) in [6, 6.07) is 12.2. The first-order chi connectivity index (χ1) is 11.1. The van der Waals surface area contributed by atoms with E-state index in [-0.39, 0.29) is 11.5 Å². The number of fused-ring (bicyclic) bond motifs is 1. The van der Waals surface area contributed by atoms with Crippen molar-refractivity contribution < 1.29 is 9.18 Å². The number of pyridine rings is 1. The average Bonchev–Trinajstić information content (AvgIpc) is 2.90. The molecule has 1 aromatic carbocycles. The van der Waals surface area contributed by atoms with Crippen LogP contribution in [0.5, 0.6) is 0 Å². The van der Waals surface area contributed by atoms with E-state index in [0.717, 1.165) is 27.9 Å². The van der Waals surface area contributed by atoms with Crippen LogP contribution in [0.2, 0.25) is 0 Å². The van der Waals surface area contributed by atoms with Gasteiger partial charge in [0.15, 0.2) is 0 Å². The average molecular weight is 328 g/mol. The van der Waals surface area contributed by atoms with Crippen LogP contribution >= 0.6 is 11.3 Å². The molecule has 2 aromatic heterocycles. The van der Waals surface area contributed by atoms with Crippen LogP contribution in [0.3, 0.4) is 0 Å². The lowest BCUT2D eigenvalue weighted by molar-refractivity contribution is 0.103. The van der Waals surface area contributed by atoms with Gasteiger partial charge in [0.25, 0.3) is 0 Å². The predicted octanol–water partition coefficient (Wildman–Crippen LogP) is 3.77. The molecule has 0 saturated heterocycles. The summed E-state index contributed by atoms with van der Waals surface area (Å²) in [7, 11) is 4.01. The smallest absolute Gasteiger partial charge is 0.213 e. The van der Waals surface area contributed by atoms with Gasteiger partial charge in [0.05, 0.1) is 0 Å². The Bertz CT molecular complexity index is 857. The summed E-state index contributed by atoms with van der Waals surface area (Å²) in [4.78, 5) is 19.8. The molecule has 0 fully saturated rings. The first-order valence-electron chi connectivity index (χ1n) is 7.38. The van der Waals surface area contributed by atoms with E-state index in [2.05, 4.69) is 9.88 Å². The van der Waals surface area contributed by atoms with Crippen molar-refractivity contribution in [2.45, 2.75) is 6.42 Å². The van der Waals surface area contributed by atoms with Gasteiger partial charge in [0.2, 0.25) is 11.7 Å². The van der Waals surface area contributed by atoms with Crippen LogP contribution in [-0.2, 0) is 6.42 Å². The molecule has 2 heterocycles. The molecule has 0 atom stereocenters. The number of aromatic nitrogens is 1. The maximum absolute atomic E-state index is 13.4. The van der Waals surface area contributed by atoms with Gasteiger partial charge in [-0.1, -0.05) is 24.3 Å². The van der Waals surface area contributed by atoms with Gasteiger partial charge in [-0.2, -0.15) is 4.39 Å². The molecule has 0 aliphatic rings. The fourth-order valence-electron chi connectivity index (χ4n) is 2.51. The van der Waals surface area contributed by atoms with Crippen molar-refractivity contribution in [2.24, 2.45) is 0 Å². The van der Waals surface area contributed by atoms with Crippen molar-refractivity contribution >= 4 is 27.2 Å². The molecule has 0 spiro atoms. The van der Waals surface area contributed by atoms with E-state index in [4.69, 9.17) is 0 Å². The summed E-state index contributed by atoms with van der Waals surface area (Å²) >= 11 is 1.62. The zero-order valence-electron chi connectivity index (χ0n) is 13.0. The van der Waals surface area contributed by atoms with E-state index in [9.17, 15) is 9.18 Å². The lowest BCUT2D eigenvalue weighted by atomic mass is 10.0. The van der Waals surface area contributed by atoms with Gasteiger partial charge < -0.3 is 4.90 Å². The second-order valence-corrected chi connectivity index (χ2v) is 6.76. The van der Waals surface area contributed by atoms with E-state index in [1.54, 1.807) is 17.4 Å². The number of rotatable bonds is 5.